The zero-order valence-corrected chi connectivity index (χ0v) is 14.5. The van der Waals surface area contributed by atoms with E-state index in [1.807, 2.05) is 0 Å². The largest absolute Gasteiger partial charge is 0.497 e. The number of methoxy groups -OCH3 is 1. The third-order valence-corrected chi connectivity index (χ3v) is 4.17. The minimum atomic E-state index is -0.446. The van der Waals surface area contributed by atoms with Gasteiger partial charge in [-0.05, 0) is 48.5 Å². The predicted molar refractivity (Wildman–Crippen MR) is 97.4 cm³/mol. The lowest BCUT2D eigenvalue weighted by Gasteiger charge is -2.04. The number of aromatic nitrogens is 1. The van der Waals surface area contributed by atoms with Crippen LogP contribution >= 0.6 is 11.3 Å². The van der Waals surface area contributed by atoms with Gasteiger partial charge in [0.15, 0.2) is 5.13 Å². The Morgan fingerprint density at radius 3 is 2.35 bits per heavy atom. The van der Waals surface area contributed by atoms with E-state index in [0.717, 1.165) is 11.3 Å². The van der Waals surface area contributed by atoms with Crippen LogP contribution in [0.5, 0.6) is 5.75 Å². The molecular weight excluding hydrogens is 357 g/mol. The molecule has 0 fully saturated rings. The number of nitrogens with one attached hydrogen (secondary N) is 2. The van der Waals surface area contributed by atoms with E-state index in [0.29, 0.717) is 22.1 Å². The number of nitrogens with zero attached hydrogens (tertiary/aromatic N) is 1. The summed E-state index contributed by atoms with van der Waals surface area (Å²) in [5.74, 6) is -0.527. The highest BCUT2D eigenvalue weighted by Gasteiger charge is 2.14. The number of hydrogen-bond acceptors (Lipinski definition) is 5. The lowest BCUT2D eigenvalue weighted by Crippen LogP contribution is -2.14. The van der Waals surface area contributed by atoms with E-state index in [9.17, 15) is 14.0 Å². The van der Waals surface area contributed by atoms with Crippen LogP contribution in [0.3, 0.4) is 0 Å². The molecule has 0 unspecified atom stereocenters. The normalized spacial score (nSPS) is 10.2. The first kappa shape index (κ1) is 17.6. The monoisotopic (exact) mass is 371 g/mol. The smallest absolute Gasteiger partial charge is 0.275 e. The van der Waals surface area contributed by atoms with Crippen LogP contribution in [0.15, 0.2) is 53.9 Å². The highest BCUT2D eigenvalue weighted by Crippen LogP contribution is 2.19. The van der Waals surface area contributed by atoms with Gasteiger partial charge in [-0.3, -0.25) is 14.9 Å². The Bertz CT molecular complexity index is 924. The molecule has 3 rings (SSSR count). The summed E-state index contributed by atoms with van der Waals surface area (Å²) in [4.78, 5) is 28.4. The second-order valence-electron chi connectivity index (χ2n) is 5.18. The summed E-state index contributed by atoms with van der Waals surface area (Å²) < 4.78 is 17.9. The summed E-state index contributed by atoms with van der Waals surface area (Å²) in [5.41, 5.74) is 1.05. The second kappa shape index (κ2) is 7.75. The molecule has 2 aromatic carbocycles. The van der Waals surface area contributed by atoms with Crippen molar-refractivity contribution in [2.75, 3.05) is 17.7 Å². The quantitative estimate of drug-likeness (QED) is 0.715. The molecule has 0 spiro atoms. The molecule has 132 valence electrons. The van der Waals surface area contributed by atoms with Gasteiger partial charge in [-0.15, -0.1) is 11.3 Å². The molecule has 0 radical (unpaired) electrons. The number of halogens is 1. The van der Waals surface area contributed by atoms with Crippen molar-refractivity contribution in [3.8, 4) is 5.75 Å². The Morgan fingerprint density at radius 2 is 1.69 bits per heavy atom. The fraction of sp³-hybridized carbons (Fsp3) is 0.0556. The highest BCUT2D eigenvalue weighted by molar-refractivity contribution is 7.14. The summed E-state index contributed by atoms with van der Waals surface area (Å²) in [5, 5.41) is 7.08. The first-order chi connectivity index (χ1) is 12.5. The van der Waals surface area contributed by atoms with Crippen LogP contribution < -0.4 is 15.4 Å². The van der Waals surface area contributed by atoms with Gasteiger partial charge >= 0.3 is 0 Å². The van der Waals surface area contributed by atoms with Gasteiger partial charge in [-0.25, -0.2) is 9.37 Å². The van der Waals surface area contributed by atoms with E-state index in [2.05, 4.69) is 15.6 Å². The lowest BCUT2D eigenvalue weighted by atomic mass is 10.2. The molecule has 3 aromatic rings. The topological polar surface area (TPSA) is 80.3 Å². The van der Waals surface area contributed by atoms with Crippen molar-refractivity contribution in [1.29, 1.82) is 0 Å². The summed E-state index contributed by atoms with van der Waals surface area (Å²) in [6.07, 6.45) is 0. The van der Waals surface area contributed by atoms with E-state index in [-0.39, 0.29) is 17.4 Å². The highest BCUT2D eigenvalue weighted by atomic mass is 32.1. The Labute approximate surface area is 152 Å². The molecule has 0 aliphatic heterocycles. The maximum absolute atomic E-state index is 12.9. The minimum absolute atomic E-state index is 0.157. The van der Waals surface area contributed by atoms with Crippen molar-refractivity contribution in [2.45, 2.75) is 0 Å². The molecule has 1 heterocycles. The van der Waals surface area contributed by atoms with Gasteiger partial charge in [-0.2, -0.15) is 0 Å². The number of ether oxygens (including phenoxy) is 1. The Morgan fingerprint density at radius 1 is 1.00 bits per heavy atom. The number of carbonyl (C=O) groups excluding carboxylic acids is 2. The van der Waals surface area contributed by atoms with E-state index in [1.54, 1.807) is 31.4 Å². The molecule has 1 aromatic heterocycles. The minimum Gasteiger partial charge on any atom is -0.497 e. The van der Waals surface area contributed by atoms with Crippen molar-refractivity contribution in [3.05, 3.63) is 71.0 Å². The standard InChI is InChI=1S/C18H14FN3O3S/c1-25-14-8-2-11(3-9-14)16(23)22-18-21-15(10-26-18)17(24)20-13-6-4-12(19)5-7-13/h2-10H,1H3,(H,20,24)(H,21,22,23). The predicted octanol–water partition coefficient (Wildman–Crippen LogP) is 3.80. The van der Waals surface area contributed by atoms with E-state index in [1.165, 1.54) is 29.6 Å². The number of carbonyl (C=O) groups is 2. The van der Waals surface area contributed by atoms with Gasteiger partial charge in [0.05, 0.1) is 7.11 Å². The number of thiazole rings is 1. The third-order valence-electron chi connectivity index (χ3n) is 3.41. The van der Waals surface area contributed by atoms with E-state index < -0.39 is 5.91 Å². The first-order valence-electron chi connectivity index (χ1n) is 7.53. The van der Waals surface area contributed by atoms with Crippen LogP contribution in [-0.4, -0.2) is 23.9 Å². The van der Waals surface area contributed by atoms with Crippen LogP contribution in [0.2, 0.25) is 0 Å². The fourth-order valence-electron chi connectivity index (χ4n) is 2.08. The van der Waals surface area contributed by atoms with Gasteiger partial charge < -0.3 is 10.1 Å². The Balaban J connectivity index is 1.64. The van der Waals surface area contributed by atoms with Gasteiger partial charge in [0, 0.05) is 16.6 Å². The van der Waals surface area contributed by atoms with Gasteiger partial charge in [0.25, 0.3) is 11.8 Å². The molecule has 26 heavy (non-hydrogen) atoms. The van der Waals surface area contributed by atoms with Crippen molar-refractivity contribution in [3.63, 3.8) is 0 Å². The molecule has 2 N–H and O–H groups in total. The lowest BCUT2D eigenvalue weighted by molar-refractivity contribution is 0.101. The van der Waals surface area contributed by atoms with Crippen molar-refractivity contribution in [1.82, 2.24) is 4.98 Å². The Hall–Kier alpha value is -3.26. The molecule has 6 nitrogen and oxygen atoms in total. The van der Waals surface area contributed by atoms with Gasteiger partial charge in [-0.1, -0.05) is 0 Å². The van der Waals surface area contributed by atoms with Crippen molar-refractivity contribution in [2.24, 2.45) is 0 Å². The van der Waals surface area contributed by atoms with E-state index in [4.69, 9.17) is 4.74 Å². The summed E-state index contributed by atoms with van der Waals surface area (Å²) >= 11 is 1.13. The molecular formula is C18H14FN3O3S. The van der Waals surface area contributed by atoms with Crippen molar-refractivity contribution >= 4 is 34.0 Å². The van der Waals surface area contributed by atoms with Crippen molar-refractivity contribution < 1.29 is 18.7 Å². The zero-order valence-electron chi connectivity index (χ0n) is 13.7. The summed E-state index contributed by atoms with van der Waals surface area (Å²) in [7, 11) is 1.54. The number of hydrogen-bond donors (Lipinski definition) is 2. The number of amides is 2. The molecule has 2 amide bonds. The molecule has 8 heteroatoms. The average Bonchev–Trinajstić information content (AvgIpc) is 3.12. The Kier molecular flexibility index (Phi) is 5.23. The molecule has 0 saturated heterocycles. The van der Waals surface area contributed by atoms with Crippen LogP contribution in [-0.2, 0) is 0 Å². The SMILES string of the molecule is COc1ccc(C(=O)Nc2nc(C(=O)Nc3ccc(F)cc3)cs2)cc1. The zero-order chi connectivity index (χ0) is 18.5. The van der Waals surface area contributed by atoms with Gasteiger partial charge in [0.1, 0.15) is 17.3 Å². The number of anilines is 2. The number of benzene rings is 2. The van der Waals surface area contributed by atoms with Crippen LogP contribution in [0, 0.1) is 5.82 Å². The molecule has 0 saturated carbocycles. The molecule has 0 atom stereocenters. The van der Waals surface area contributed by atoms with Crippen LogP contribution in [0.1, 0.15) is 20.8 Å². The van der Waals surface area contributed by atoms with Gasteiger partial charge in [0.2, 0.25) is 0 Å². The average molecular weight is 371 g/mol. The summed E-state index contributed by atoms with van der Waals surface area (Å²) in [6, 6.07) is 12.0. The number of rotatable bonds is 5. The summed E-state index contributed by atoms with van der Waals surface area (Å²) in [6.45, 7) is 0. The maximum Gasteiger partial charge on any atom is 0.275 e. The fourth-order valence-corrected chi connectivity index (χ4v) is 2.76. The van der Waals surface area contributed by atoms with E-state index >= 15 is 0 Å². The third kappa shape index (κ3) is 4.22. The maximum atomic E-state index is 12.9. The van der Waals surface area contributed by atoms with Crippen LogP contribution in [0.25, 0.3) is 0 Å². The molecule has 0 bridgehead atoms. The first-order valence-corrected chi connectivity index (χ1v) is 8.41. The second-order valence-corrected chi connectivity index (χ2v) is 6.04. The van der Waals surface area contributed by atoms with Crippen LogP contribution in [0.4, 0.5) is 15.2 Å². The molecule has 0 aliphatic rings. The molecule has 0 aliphatic carbocycles.